The second-order valence-corrected chi connectivity index (χ2v) is 8.39. The molecule has 9 heteroatoms. The minimum absolute atomic E-state index is 0.235. The number of sulfone groups is 1. The molecule has 0 atom stereocenters. The number of hydrogen-bond donors (Lipinski definition) is 0. The molecule has 0 aliphatic heterocycles. The highest BCUT2D eigenvalue weighted by atomic mass is 35.7. The first-order valence-corrected chi connectivity index (χ1v) is 8.70. The predicted molar refractivity (Wildman–Crippen MR) is 63.2 cm³/mol. The Hall–Kier alpha value is -0.730. The van der Waals surface area contributed by atoms with Gasteiger partial charge in [0.1, 0.15) is 0 Å². The normalized spacial score (nSPS) is 12.6. The van der Waals surface area contributed by atoms with Crippen molar-refractivity contribution in [2.75, 3.05) is 11.5 Å². The summed E-state index contributed by atoms with van der Waals surface area (Å²) in [4.78, 5) is 7.72. The van der Waals surface area contributed by atoms with Crippen molar-refractivity contribution >= 4 is 29.6 Å². The minimum atomic E-state index is -3.84. The number of rotatable bonds is 4. The molecule has 1 rings (SSSR count). The van der Waals surface area contributed by atoms with Gasteiger partial charge in [-0.3, -0.25) is 4.98 Å². The third kappa shape index (κ3) is 4.21. The van der Waals surface area contributed by atoms with Gasteiger partial charge in [-0.25, -0.2) is 21.8 Å². The number of nitrogens with zero attached hydrogens (tertiary/aromatic N) is 2. The Balaban J connectivity index is 3.02. The third-order valence-electron chi connectivity index (χ3n) is 2.08. The Bertz CT molecular complexity index is 625. The van der Waals surface area contributed by atoms with Gasteiger partial charge in [-0.15, -0.1) is 0 Å². The molecule has 0 saturated heterocycles. The van der Waals surface area contributed by atoms with Crippen molar-refractivity contribution in [3.05, 3.63) is 17.6 Å². The van der Waals surface area contributed by atoms with E-state index in [1.54, 1.807) is 13.8 Å². The van der Waals surface area contributed by atoms with Crippen LogP contribution >= 0.6 is 10.7 Å². The molecule has 0 amide bonds. The fraction of sp³-hybridized carbons (Fsp3) is 0.500. The first-order valence-electron chi connectivity index (χ1n) is 4.57. The Morgan fingerprint density at radius 1 is 1.12 bits per heavy atom. The molecule has 0 spiro atoms. The van der Waals surface area contributed by atoms with Crippen LogP contribution in [-0.2, 0) is 18.9 Å². The standard InChI is InChI=1S/C8H11ClN2O4S2/c1-6-7(2)11-8(5-10-6)16(12,13)3-4-17(9,14)15/h5H,3-4H2,1-2H3. The van der Waals surface area contributed by atoms with Gasteiger partial charge in [0.25, 0.3) is 0 Å². The van der Waals surface area contributed by atoms with Gasteiger partial charge < -0.3 is 0 Å². The summed E-state index contributed by atoms with van der Waals surface area (Å²) in [5.74, 6) is -1.25. The molecule has 1 aromatic rings. The SMILES string of the molecule is Cc1ncc(S(=O)(=O)CCS(=O)(=O)Cl)nc1C. The van der Waals surface area contributed by atoms with Crippen LogP contribution in [-0.4, -0.2) is 38.3 Å². The molecule has 0 aliphatic carbocycles. The third-order valence-corrected chi connectivity index (χ3v) is 5.07. The van der Waals surface area contributed by atoms with Crippen LogP contribution in [0.15, 0.2) is 11.2 Å². The van der Waals surface area contributed by atoms with Crippen molar-refractivity contribution in [3.8, 4) is 0 Å². The highest BCUT2D eigenvalue weighted by molar-refractivity contribution is 8.14. The molecule has 0 radical (unpaired) electrons. The summed E-state index contributed by atoms with van der Waals surface area (Å²) in [5.41, 5.74) is 1.11. The maximum absolute atomic E-state index is 11.7. The van der Waals surface area contributed by atoms with E-state index in [0.717, 1.165) is 6.20 Å². The monoisotopic (exact) mass is 298 g/mol. The Labute approximate surface area is 104 Å². The van der Waals surface area contributed by atoms with E-state index in [9.17, 15) is 16.8 Å². The van der Waals surface area contributed by atoms with Crippen molar-refractivity contribution in [1.29, 1.82) is 0 Å². The van der Waals surface area contributed by atoms with Crippen LogP contribution in [0.5, 0.6) is 0 Å². The lowest BCUT2D eigenvalue weighted by Crippen LogP contribution is -2.16. The fourth-order valence-corrected chi connectivity index (χ4v) is 3.92. The molecule has 0 bridgehead atoms. The van der Waals surface area contributed by atoms with Crippen LogP contribution in [0.25, 0.3) is 0 Å². The molecule has 1 heterocycles. The molecule has 0 aromatic carbocycles. The Kier molecular flexibility index (Phi) is 4.11. The lowest BCUT2D eigenvalue weighted by Gasteiger charge is -2.04. The van der Waals surface area contributed by atoms with E-state index in [0.29, 0.717) is 11.4 Å². The maximum atomic E-state index is 11.7. The lowest BCUT2D eigenvalue weighted by molar-refractivity contribution is 0.588. The summed E-state index contributed by atoms with van der Waals surface area (Å²) in [6, 6.07) is 0. The van der Waals surface area contributed by atoms with Crippen molar-refractivity contribution < 1.29 is 16.8 Å². The first kappa shape index (κ1) is 14.3. The van der Waals surface area contributed by atoms with E-state index in [-0.39, 0.29) is 5.03 Å². The van der Waals surface area contributed by atoms with E-state index in [1.807, 2.05) is 0 Å². The van der Waals surface area contributed by atoms with Gasteiger partial charge in [0.15, 0.2) is 14.9 Å². The van der Waals surface area contributed by atoms with E-state index in [1.165, 1.54) is 0 Å². The van der Waals surface area contributed by atoms with Gasteiger partial charge >= 0.3 is 0 Å². The molecule has 96 valence electrons. The van der Waals surface area contributed by atoms with E-state index >= 15 is 0 Å². The Morgan fingerprint density at radius 2 is 1.71 bits per heavy atom. The zero-order valence-electron chi connectivity index (χ0n) is 9.21. The van der Waals surface area contributed by atoms with Crippen molar-refractivity contribution in [3.63, 3.8) is 0 Å². The zero-order valence-corrected chi connectivity index (χ0v) is 11.6. The summed E-state index contributed by atoms with van der Waals surface area (Å²) < 4.78 is 44.8. The summed E-state index contributed by atoms with van der Waals surface area (Å²) in [6.07, 6.45) is 1.11. The van der Waals surface area contributed by atoms with Gasteiger partial charge in [0.05, 0.1) is 29.1 Å². The molecule has 0 saturated carbocycles. The molecule has 0 N–H and O–H groups in total. The van der Waals surface area contributed by atoms with Crippen molar-refractivity contribution in [2.24, 2.45) is 0 Å². The summed E-state index contributed by atoms with van der Waals surface area (Å²) in [6.45, 7) is 3.32. The predicted octanol–water partition coefficient (Wildman–Crippen LogP) is 0.436. The number of aromatic nitrogens is 2. The average molecular weight is 299 g/mol. The van der Waals surface area contributed by atoms with Crippen LogP contribution in [0, 0.1) is 13.8 Å². The van der Waals surface area contributed by atoms with Crippen LogP contribution in [0.3, 0.4) is 0 Å². The molecule has 0 aliphatic rings. The second kappa shape index (κ2) is 4.87. The quantitative estimate of drug-likeness (QED) is 0.749. The number of aryl methyl sites for hydroxylation is 2. The van der Waals surface area contributed by atoms with Crippen LogP contribution in [0.4, 0.5) is 0 Å². The smallest absolute Gasteiger partial charge is 0.233 e. The maximum Gasteiger partial charge on any atom is 0.233 e. The second-order valence-electron chi connectivity index (χ2n) is 3.44. The highest BCUT2D eigenvalue weighted by Gasteiger charge is 2.20. The Morgan fingerprint density at radius 3 is 2.18 bits per heavy atom. The van der Waals surface area contributed by atoms with Gasteiger partial charge in [0, 0.05) is 10.7 Å². The van der Waals surface area contributed by atoms with E-state index in [2.05, 4.69) is 9.97 Å². The topological polar surface area (TPSA) is 94.1 Å². The highest BCUT2D eigenvalue weighted by Crippen LogP contribution is 2.10. The molecule has 1 aromatic heterocycles. The molecule has 17 heavy (non-hydrogen) atoms. The van der Waals surface area contributed by atoms with Crippen molar-refractivity contribution in [1.82, 2.24) is 9.97 Å². The van der Waals surface area contributed by atoms with Crippen LogP contribution in [0.1, 0.15) is 11.4 Å². The van der Waals surface area contributed by atoms with Crippen LogP contribution in [0.2, 0.25) is 0 Å². The molecular weight excluding hydrogens is 288 g/mol. The van der Waals surface area contributed by atoms with E-state index in [4.69, 9.17) is 10.7 Å². The summed E-state index contributed by atoms with van der Waals surface area (Å²) in [5, 5.41) is -0.235. The molecule has 0 unspecified atom stereocenters. The van der Waals surface area contributed by atoms with Gasteiger partial charge in [-0.05, 0) is 13.8 Å². The average Bonchev–Trinajstić information content (AvgIpc) is 2.18. The largest absolute Gasteiger partial charge is 0.257 e. The molecular formula is C8H11ClN2O4S2. The summed E-state index contributed by atoms with van der Waals surface area (Å²) >= 11 is 0. The van der Waals surface area contributed by atoms with Crippen LogP contribution < -0.4 is 0 Å². The van der Waals surface area contributed by atoms with Gasteiger partial charge in [-0.2, -0.15) is 0 Å². The first-order chi connectivity index (χ1) is 7.62. The lowest BCUT2D eigenvalue weighted by atomic mass is 10.4. The zero-order chi connectivity index (χ0) is 13.3. The summed E-state index contributed by atoms with van der Waals surface area (Å²) in [7, 11) is -2.65. The van der Waals surface area contributed by atoms with Gasteiger partial charge in [0.2, 0.25) is 9.05 Å². The molecule has 0 fully saturated rings. The minimum Gasteiger partial charge on any atom is -0.257 e. The fourth-order valence-electron chi connectivity index (χ4n) is 0.984. The molecule has 6 nitrogen and oxygen atoms in total. The van der Waals surface area contributed by atoms with Gasteiger partial charge in [-0.1, -0.05) is 0 Å². The van der Waals surface area contributed by atoms with Crippen molar-refractivity contribution in [2.45, 2.75) is 18.9 Å². The van der Waals surface area contributed by atoms with E-state index < -0.39 is 30.4 Å². The number of halogens is 1. The number of hydrogen-bond acceptors (Lipinski definition) is 6.